The molecule has 8 nitrogen and oxygen atoms in total. The van der Waals surface area contributed by atoms with Gasteiger partial charge >= 0.3 is 11.9 Å². The third-order valence-corrected chi connectivity index (χ3v) is 9.40. The molecule has 3 aromatic rings. The minimum absolute atomic E-state index is 0.0613. The average molecular weight is 689 g/mol. The Morgan fingerprint density at radius 1 is 0.688 bits per heavy atom. The van der Waals surface area contributed by atoms with Crippen LogP contribution < -0.4 is 9.47 Å². The van der Waals surface area contributed by atoms with Gasteiger partial charge in [0.05, 0.1) is 37.1 Å². The van der Waals surface area contributed by atoms with E-state index in [1.54, 1.807) is 26.8 Å². The molecule has 48 heavy (non-hydrogen) atoms. The van der Waals surface area contributed by atoms with Crippen molar-refractivity contribution < 1.29 is 45.7 Å². The first-order valence-corrected chi connectivity index (χ1v) is 18.2. The third-order valence-electron chi connectivity index (χ3n) is 7.68. The number of carbonyl (C=O) groups excluding carboxylic acids is 2. The topological polar surface area (TPSA) is 105 Å². The van der Waals surface area contributed by atoms with E-state index in [1.165, 1.54) is 18.2 Å². The van der Waals surface area contributed by atoms with Crippen molar-refractivity contribution in [3.8, 4) is 22.6 Å². The Hall–Kier alpha value is -3.99. The van der Waals surface area contributed by atoms with Gasteiger partial charge in [0.25, 0.3) is 0 Å². The molecule has 3 aromatic carbocycles. The number of sulfone groups is 1. The molecule has 11 heteroatoms. The number of unbranched alkanes of at least 4 members (excludes halogenated alkanes) is 3. The average Bonchev–Trinajstić information content (AvgIpc) is 3.07. The number of ether oxygens (including phenoxy) is 4. The molecule has 0 N–H and O–H groups in total. The molecule has 0 bridgehead atoms. The molecular formula is C37H46F2O8S. The van der Waals surface area contributed by atoms with Gasteiger partial charge in [-0.1, -0.05) is 38.0 Å². The smallest absolute Gasteiger partial charge is 0.306 e. The molecule has 0 aromatic heterocycles. The lowest BCUT2D eigenvalue weighted by molar-refractivity contribution is -0.144. The SMILES string of the molecule is CCOC(=O)CCCOc1cccc(CCCCCCOc2cc(-c3ccc(F)c(F)c3)cc(S(=O)(=O)CC)c2)c1CCC(=O)OCC. The fraction of sp³-hybridized carbons (Fsp3) is 0.459. The van der Waals surface area contributed by atoms with Crippen molar-refractivity contribution in [3.63, 3.8) is 0 Å². The van der Waals surface area contributed by atoms with Gasteiger partial charge < -0.3 is 18.9 Å². The number of hydrogen-bond donors (Lipinski definition) is 0. The van der Waals surface area contributed by atoms with Crippen LogP contribution in [0.25, 0.3) is 11.1 Å². The van der Waals surface area contributed by atoms with Crippen molar-refractivity contribution in [2.24, 2.45) is 0 Å². The van der Waals surface area contributed by atoms with Gasteiger partial charge in [-0.25, -0.2) is 17.2 Å². The zero-order chi connectivity index (χ0) is 34.9. The molecule has 262 valence electrons. The van der Waals surface area contributed by atoms with Crippen LogP contribution in [0.15, 0.2) is 59.5 Å². The lowest BCUT2D eigenvalue weighted by atomic mass is 9.96. The third kappa shape index (κ3) is 12.2. The predicted molar refractivity (Wildman–Crippen MR) is 180 cm³/mol. The van der Waals surface area contributed by atoms with Gasteiger partial charge in [-0.15, -0.1) is 0 Å². The van der Waals surface area contributed by atoms with Crippen LogP contribution in [0.2, 0.25) is 0 Å². The molecule has 0 heterocycles. The van der Waals surface area contributed by atoms with Crippen molar-refractivity contribution in [2.45, 2.75) is 83.5 Å². The van der Waals surface area contributed by atoms with Crippen molar-refractivity contribution in [1.29, 1.82) is 0 Å². The van der Waals surface area contributed by atoms with Gasteiger partial charge in [-0.05, 0) is 105 Å². The molecule has 0 radical (unpaired) electrons. The summed E-state index contributed by atoms with van der Waals surface area (Å²) in [5.41, 5.74) is 2.82. The second kappa shape index (κ2) is 19.7. The molecular weight excluding hydrogens is 642 g/mol. The van der Waals surface area contributed by atoms with E-state index in [-0.39, 0.29) is 35.4 Å². The molecule has 0 aliphatic carbocycles. The van der Waals surface area contributed by atoms with Gasteiger partial charge in [0.1, 0.15) is 11.5 Å². The second-order valence-electron chi connectivity index (χ2n) is 11.2. The van der Waals surface area contributed by atoms with Gasteiger partial charge in [0.2, 0.25) is 0 Å². The van der Waals surface area contributed by atoms with Crippen LogP contribution in [0.3, 0.4) is 0 Å². The van der Waals surface area contributed by atoms with E-state index in [1.807, 2.05) is 18.2 Å². The molecule has 0 aliphatic rings. The maximum Gasteiger partial charge on any atom is 0.306 e. The Bertz CT molecular complexity index is 1610. The Balaban J connectivity index is 1.57. The summed E-state index contributed by atoms with van der Waals surface area (Å²) in [4.78, 5) is 23.8. The zero-order valence-electron chi connectivity index (χ0n) is 28.0. The standard InChI is InChI=1S/C37H46F2O8S/c1-4-44-36(40)16-12-22-47-35-15-11-14-27(32(35)18-20-37(41)45-5-2)13-9-7-8-10-21-46-30-23-29(24-31(26-30)48(42,43)6-3)28-17-19-33(38)34(39)25-28/h11,14-15,17,19,23-26H,4-10,12-13,16,18,20-22H2,1-3H3. The van der Waals surface area contributed by atoms with Gasteiger partial charge in [0, 0.05) is 12.8 Å². The molecule has 0 fully saturated rings. The number of carbonyl (C=O) groups is 2. The second-order valence-corrected chi connectivity index (χ2v) is 13.5. The first kappa shape index (κ1) is 38.5. The summed E-state index contributed by atoms with van der Waals surface area (Å²) >= 11 is 0. The van der Waals surface area contributed by atoms with Crippen LogP contribution in [0, 0.1) is 11.6 Å². The maximum atomic E-state index is 13.9. The Morgan fingerprint density at radius 2 is 1.40 bits per heavy atom. The van der Waals surface area contributed by atoms with Crippen LogP contribution >= 0.6 is 0 Å². The molecule has 0 aliphatic heterocycles. The van der Waals surface area contributed by atoms with E-state index in [2.05, 4.69) is 0 Å². The Labute approximate surface area is 282 Å². The maximum absolute atomic E-state index is 13.9. The lowest BCUT2D eigenvalue weighted by Crippen LogP contribution is -2.10. The monoisotopic (exact) mass is 688 g/mol. The Morgan fingerprint density at radius 3 is 2.10 bits per heavy atom. The van der Waals surface area contributed by atoms with Gasteiger partial charge in [0.15, 0.2) is 21.5 Å². The summed E-state index contributed by atoms with van der Waals surface area (Å²) in [5.74, 6) is -1.59. The fourth-order valence-electron chi connectivity index (χ4n) is 5.16. The van der Waals surface area contributed by atoms with Crippen molar-refractivity contribution >= 4 is 21.8 Å². The molecule has 0 saturated carbocycles. The van der Waals surface area contributed by atoms with Crippen LogP contribution in [0.5, 0.6) is 11.5 Å². The van der Waals surface area contributed by atoms with Crippen molar-refractivity contribution in [1.82, 2.24) is 0 Å². The van der Waals surface area contributed by atoms with Crippen LogP contribution in [-0.4, -0.2) is 52.5 Å². The number of benzene rings is 3. The summed E-state index contributed by atoms with van der Waals surface area (Å²) < 4.78 is 74.8. The van der Waals surface area contributed by atoms with E-state index in [4.69, 9.17) is 18.9 Å². The first-order chi connectivity index (χ1) is 23.1. The van der Waals surface area contributed by atoms with E-state index in [0.29, 0.717) is 61.9 Å². The van der Waals surface area contributed by atoms with Gasteiger partial charge in [-0.2, -0.15) is 0 Å². The Kier molecular flexibility index (Phi) is 15.8. The number of rotatable bonds is 21. The van der Waals surface area contributed by atoms with E-state index >= 15 is 0 Å². The van der Waals surface area contributed by atoms with Crippen LogP contribution in [0.1, 0.15) is 76.8 Å². The summed E-state index contributed by atoms with van der Waals surface area (Å²) in [7, 11) is -3.57. The molecule has 0 spiro atoms. The summed E-state index contributed by atoms with van der Waals surface area (Å²) in [5, 5.41) is 0. The highest BCUT2D eigenvalue weighted by molar-refractivity contribution is 7.91. The van der Waals surface area contributed by atoms with Crippen LogP contribution in [-0.2, 0) is 41.7 Å². The molecule has 0 unspecified atom stereocenters. The van der Waals surface area contributed by atoms with Crippen molar-refractivity contribution in [3.05, 3.63) is 77.4 Å². The molecule has 0 amide bonds. The quantitative estimate of drug-likeness (QED) is 0.0824. The predicted octanol–water partition coefficient (Wildman–Crippen LogP) is 7.83. The first-order valence-electron chi connectivity index (χ1n) is 16.6. The van der Waals surface area contributed by atoms with Crippen LogP contribution in [0.4, 0.5) is 8.78 Å². The normalized spacial score (nSPS) is 11.3. The molecule has 0 atom stereocenters. The number of hydrogen-bond acceptors (Lipinski definition) is 8. The number of esters is 2. The summed E-state index contributed by atoms with van der Waals surface area (Å²) in [6.07, 6.45) is 5.69. The van der Waals surface area contributed by atoms with Gasteiger partial charge in [-0.3, -0.25) is 9.59 Å². The molecule has 3 rings (SSSR count). The highest BCUT2D eigenvalue weighted by Gasteiger charge is 2.17. The van der Waals surface area contributed by atoms with E-state index < -0.39 is 21.5 Å². The highest BCUT2D eigenvalue weighted by Crippen LogP contribution is 2.30. The number of halogens is 2. The minimum Gasteiger partial charge on any atom is -0.494 e. The number of aryl methyl sites for hydroxylation is 1. The highest BCUT2D eigenvalue weighted by atomic mass is 32.2. The zero-order valence-corrected chi connectivity index (χ0v) is 28.8. The minimum atomic E-state index is -3.57. The largest absolute Gasteiger partial charge is 0.494 e. The summed E-state index contributed by atoms with van der Waals surface area (Å²) in [6, 6.07) is 13.8. The fourth-order valence-corrected chi connectivity index (χ4v) is 6.10. The van der Waals surface area contributed by atoms with E-state index in [9.17, 15) is 26.8 Å². The van der Waals surface area contributed by atoms with Crippen molar-refractivity contribution in [2.75, 3.05) is 32.2 Å². The lowest BCUT2D eigenvalue weighted by Gasteiger charge is -2.16. The van der Waals surface area contributed by atoms with E-state index in [0.717, 1.165) is 55.4 Å². The summed E-state index contributed by atoms with van der Waals surface area (Å²) in [6.45, 7) is 6.45. The molecule has 0 saturated heterocycles.